The van der Waals surface area contributed by atoms with Crippen molar-refractivity contribution in [3.63, 3.8) is 0 Å². The standard InChI is InChI=1S/C30H33NO8/c1-18-13-24(27-19(2)23(15-26(32)36-3)29(34)39-25(27)14-18)38-28(33)22-11-9-20(10-12-22)16-31-30(35)37-17-21-7-5-4-6-8-21/h4-8,13-14,20,22H,9-12,15-17H2,1-3H3,(H,31,35). The summed E-state index contributed by atoms with van der Waals surface area (Å²) in [5.74, 6) is -0.655. The molecule has 1 heterocycles. The highest BCUT2D eigenvalue weighted by Gasteiger charge is 2.29. The highest BCUT2D eigenvalue weighted by Crippen LogP contribution is 2.34. The first-order valence-electron chi connectivity index (χ1n) is 13.0. The molecule has 4 rings (SSSR count). The summed E-state index contributed by atoms with van der Waals surface area (Å²) in [6, 6.07) is 12.9. The van der Waals surface area contributed by atoms with Crippen LogP contribution < -0.4 is 15.7 Å². The average molecular weight is 536 g/mol. The van der Waals surface area contributed by atoms with E-state index in [0.717, 1.165) is 24.0 Å². The lowest BCUT2D eigenvalue weighted by Crippen LogP contribution is -2.33. The van der Waals surface area contributed by atoms with Crippen LogP contribution in [0.25, 0.3) is 11.0 Å². The smallest absolute Gasteiger partial charge is 0.407 e. The number of benzene rings is 2. The Balaban J connectivity index is 1.35. The maximum Gasteiger partial charge on any atom is 0.407 e. The van der Waals surface area contributed by atoms with Gasteiger partial charge in [-0.2, -0.15) is 0 Å². The molecule has 1 N–H and O–H groups in total. The number of alkyl carbamates (subject to hydrolysis) is 1. The van der Waals surface area contributed by atoms with Crippen LogP contribution in [0.4, 0.5) is 4.79 Å². The predicted molar refractivity (Wildman–Crippen MR) is 143 cm³/mol. The lowest BCUT2D eigenvalue weighted by molar-refractivity contribution is -0.141. The number of carbonyl (C=O) groups is 3. The summed E-state index contributed by atoms with van der Waals surface area (Å²) >= 11 is 0. The minimum absolute atomic E-state index is 0.172. The van der Waals surface area contributed by atoms with E-state index in [-0.39, 0.29) is 36.4 Å². The third kappa shape index (κ3) is 7.04. The van der Waals surface area contributed by atoms with E-state index in [1.54, 1.807) is 19.1 Å². The number of aryl methyl sites for hydroxylation is 2. The number of amides is 1. The number of carbonyl (C=O) groups excluding carboxylic acids is 3. The number of esters is 2. The summed E-state index contributed by atoms with van der Waals surface area (Å²) in [7, 11) is 1.25. The van der Waals surface area contributed by atoms with E-state index in [0.29, 0.717) is 41.7 Å². The maximum atomic E-state index is 13.1. The van der Waals surface area contributed by atoms with E-state index in [1.165, 1.54) is 7.11 Å². The molecule has 9 nitrogen and oxygen atoms in total. The molecular formula is C30H33NO8. The summed E-state index contributed by atoms with van der Waals surface area (Å²) in [5.41, 5.74) is 2.05. The molecule has 2 aromatic carbocycles. The fourth-order valence-corrected chi connectivity index (χ4v) is 4.93. The molecule has 0 atom stereocenters. The molecule has 0 aliphatic heterocycles. The summed E-state index contributed by atoms with van der Waals surface area (Å²) < 4.78 is 21.3. The second-order valence-electron chi connectivity index (χ2n) is 9.96. The van der Waals surface area contributed by atoms with Gasteiger partial charge in [0.2, 0.25) is 0 Å². The zero-order valence-corrected chi connectivity index (χ0v) is 22.4. The van der Waals surface area contributed by atoms with Crippen molar-refractivity contribution in [2.24, 2.45) is 11.8 Å². The van der Waals surface area contributed by atoms with Gasteiger partial charge in [-0.05, 0) is 74.3 Å². The van der Waals surface area contributed by atoms with E-state index in [9.17, 15) is 19.2 Å². The van der Waals surface area contributed by atoms with Crippen LogP contribution in [0.3, 0.4) is 0 Å². The second-order valence-corrected chi connectivity index (χ2v) is 9.96. The van der Waals surface area contributed by atoms with Crippen molar-refractivity contribution >= 4 is 29.0 Å². The van der Waals surface area contributed by atoms with Crippen molar-refractivity contribution < 1.29 is 33.0 Å². The quantitative estimate of drug-likeness (QED) is 0.249. The van der Waals surface area contributed by atoms with Crippen LogP contribution in [-0.4, -0.2) is 31.7 Å². The highest BCUT2D eigenvalue weighted by molar-refractivity contribution is 5.91. The van der Waals surface area contributed by atoms with Crippen LogP contribution in [0, 0.1) is 25.7 Å². The Bertz CT molecular complexity index is 1400. The molecule has 0 unspecified atom stereocenters. The van der Waals surface area contributed by atoms with Gasteiger partial charge in [0.1, 0.15) is 17.9 Å². The first kappa shape index (κ1) is 27.9. The normalized spacial score (nSPS) is 16.9. The minimum Gasteiger partial charge on any atom is -0.469 e. The fourth-order valence-electron chi connectivity index (χ4n) is 4.93. The highest BCUT2D eigenvalue weighted by atomic mass is 16.5. The number of ether oxygens (including phenoxy) is 3. The van der Waals surface area contributed by atoms with Gasteiger partial charge in [-0.25, -0.2) is 9.59 Å². The van der Waals surface area contributed by atoms with Crippen LogP contribution in [0.2, 0.25) is 0 Å². The van der Waals surface area contributed by atoms with E-state index in [2.05, 4.69) is 5.32 Å². The first-order valence-corrected chi connectivity index (χ1v) is 13.0. The summed E-state index contributed by atoms with van der Waals surface area (Å²) in [4.78, 5) is 49.5. The number of fused-ring (bicyclic) bond motifs is 1. The van der Waals surface area contributed by atoms with Crippen molar-refractivity contribution in [3.8, 4) is 5.75 Å². The van der Waals surface area contributed by atoms with Crippen LogP contribution in [0.5, 0.6) is 5.75 Å². The van der Waals surface area contributed by atoms with Crippen molar-refractivity contribution in [1.82, 2.24) is 5.32 Å². The summed E-state index contributed by atoms with van der Waals surface area (Å²) in [5, 5.41) is 3.31. The lowest BCUT2D eigenvalue weighted by atomic mass is 9.82. The number of hydrogen-bond donors (Lipinski definition) is 1. The SMILES string of the molecule is COC(=O)Cc1c(C)c2c(OC(=O)C3CCC(CNC(=O)OCc4ccccc4)CC3)cc(C)cc2oc1=O. The first-order chi connectivity index (χ1) is 18.7. The second kappa shape index (κ2) is 12.6. The molecule has 1 aromatic heterocycles. The van der Waals surface area contributed by atoms with E-state index >= 15 is 0 Å². The van der Waals surface area contributed by atoms with Crippen molar-refractivity contribution in [1.29, 1.82) is 0 Å². The molecule has 0 bridgehead atoms. The van der Waals surface area contributed by atoms with E-state index in [4.69, 9.17) is 18.6 Å². The van der Waals surface area contributed by atoms with Crippen molar-refractivity contribution in [3.05, 3.63) is 75.1 Å². The lowest BCUT2D eigenvalue weighted by Gasteiger charge is -2.27. The average Bonchev–Trinajstić information content (AvgIpc) is 2.93. The van der Waals surface area contributed by atoms with Gasteiger partial charge in [-0.1, -0.05) is 30.3 Å². The van der Waals surface area contributed by atoms with Crippen molar-refractivity contribution in [2.45, 2.75) is 52.6 Å². The molecule has 0 spiro atoms. The zero-order valence-electron chi connectivity index (χ0n) is 22.4. The van der Waals surface area contributed by atoms with Crippen LogP contribution >= 0.6 is 0 Å². The number of methoxy groups -OCH3 is 1. The Labute approximate surface area is 226 Å². The molecule has 206 valence electrons. The molecule has 39 heavy (non-hydrogen) atoms. The van der Waals surface area contributed by atoms with Crippen LogP contribution in [0.1, 0.15) is 47.9 Å². The topological polar surface area (TPSA) is 121 Å². The molecule has 0 saturated heterocycles. The van der Waals surface area contributed by atoms with Gasteiger partial charge < -0.3 is 23.9 Å². The van der Waals surface area contributed by atoms with Gasteiger partial charge in [-0.15, -0.1) is 0 Å². The van der Waals surface area contributed by atoms with E-state index in [1.807, 2.05) is 37.3 Å². The Hall–Kier alpha value is -4.14. The Morgan fingerprint density at radius 2 is 1.74 bits per heavy atom. The molecule has 1 aliphatic rings. The molecule has 1 aliphatic carbocycles. The molecular weight excluding hydrogens is 502 g/mol. The molecule has 0 radical (unpaired) electrons. The van der Waals surface area contributed by atoms with Gasteiger partial charge in [0.05, 0.1) is 30.4 Å². The summed E-state index contributed by atoms with van der Waals surface area (Å²) in [6.07, 6.45) is 2.11. The molecule has 1 fully saturated rings. The largest absolute Gasteiger partial charge is 0.469 e. The predicted octanol–water partition coefficient (Wildman–Crippen LogP) is 4.76. The van der Waals surface area contributed by atoms with Gasteiger partial charge in [0.15, 0.2) is 0 Å². The Morgan fingerprint density at radius 3 is 2.44 bits per heavy atom. The van der Waals surface area contributed by atoms with Gasteiger partial charge in [0.25, 0.3) is 0 Å². The molecule has 9 heteroatoms. The zero-order chi connectivity index (χ0) is 27.9. The molecule has 1 saturated carbocycles. The molecule has 1 amide bonds. The van der Waals surface area contributed by atoms with E-state index < -0.39 is 17.7 Å². The van der Waals surface area contributed by atoms with Gasteiger partial charge >= 0.3 is 23.7 Å². The van der Waals surface area contributed by atoms with Crippen LogP contribution in [0.15, 0.2) is 51.7 Å². The third-order valence-electron chi connectivity index (χ3n) is 7.17. The minimum atomic E-state index is -0.621. The maximum absolute atomic E-state index is 13.1. The van der Waals surface area contributed by atoms with Crippen molar-refractivity contribution in [2.75, 3.05) is 13.7 Å². The summed E-state index contributed by atoms with van der Waals surface area (Å²) in [6.45, 7) is 4.22. The molecule has 3 aromatic rings. The number of hydrogen-bond acceptors (Lipinski definition) is 8. The Kier molecular flexibility index (Phi) is 9.01. The third-order valence-corrected chi connectivity index (χ3v) is 7.17. The monoisotopic (exact) mass is 535 g/mol. The Morgan fingerprint density at radius 1 is 1.03 bits per heavy atom. The number of nitrogens with one attached hydrogen (secondary N) is 1. The fraction of sp³-hybridized carbons (Fsp3) is 0.400. The van der Waals surface area contributed by atoms with Gasteiger partial charge in [-0.3, -0.25) is 9.59 Å². The number of rotatable bonds is 8. The van der Waals surface area contributed by atoms with Gasteiger partial charge in [0, 0.05) is 6.54 Å². The van der Waals surface area contributed by atoms with Crippen LogP contribution in [-0.2, 0) is 32.1 Å².